The summed E-state index contributed by atoms with van der Waals surface area (Å²) in [6.45, 7) is 6.97. The molecule has 1 aromatic carbocycles. The number of likely N-dealkylation sites (tertiary alicyclic amines) is 1. The van der Waals surface area contributed by atoms with Gasteiger partial charge in [-0.05, 0) is 31.2 Å². The average Bonchev–Trinajstić information content (AvgIpc) is 3.24. The highest BCUT2D eigenvalue weighted by atomic mass is 32.2. The molecule has 1 aromatic heterocycles. The Labute approximate surface area is 182 Å². The molecule has 0 N–H and O–H groups in total. The van der Waals surface area contributed by atoms with E-state index in [1.807, 2.05) is 56.0 Å². The summed E-state index contributed by atoms with van der Waals surface area (Å²) in [4.78, 5) is 32.4. The van der Waals surface area contributed by atoms with Gasteiger partial charge in [0.15, 0.2) is 0 Å². The molecule has 30 heavy (non-hydrogen) atoms. The van der Waals surface area contributed by atoms with Crippen LogP contribution in [-0.4, -0.2) is 50.5 Å². The van der Waals surface area contributed by atoms with E-state index in [4.69, 9.17) is 0 Å². The zero-order valence-corrected chi connectivity index (χ0v) is 19.5. The molecular weight excluding hydrogens is 418 g/mol. The minimum Gasteiger partial charge on any atom is -0.342 e. The molecule has 0 spiro atoms. The summed E-state index contributed by atoms with van der Waals surface area (Å²) in [6, 6.07) is 9.72. The fraction of sp³-hybridized carbons (Fsp3) is 0.500. The third-order valence-electron chi connectivity index (χ3n) is 5.63. The summed E-state index contributed by atoms with van der Waals surface area (Å²) < 4.78 is 17.3. The number of aromatic nitrogens is 1. The Morgan fingerprint density at radius 3 is 2.40 bits per heavy atom. The van der Waals surface area contributed by atoms with Gasteiger partial charge < -0.3 is 4.90 Å². The highest BCUT2D eigenvalue weighted by Crippen LogP contribution is 2.26. The van der Waals surface area contributed by atoms with Crippen LogP contribution in [0.4, 0.5) is 0 Å². The van der Waals surface area contributed by atoms with E-state index in [0.717, 1.165) is 10.4 Å². The van der Waals surface area contributed by atoms with Gasteiger partial charge in [0.05, 0.1) is 21.2 Å². The maximum Gasteiger partial charge on any atom is 0.304 e. The van der Waals surface area contributed by atoms with Gasteiger partial charge in [0.25, 0.3) is 0 Å². The molecule has 1 aliphatic rings. The van der Waals surface area contributed by atoms with Crippen LogP contribution in [0.5, 0.6) is 0 Å². The van der Waals surface area contributed by atoms with Crippen LogP contribution in [0.3, 0.4) is 0 Å². The maximum atomic E-state index is 13.2. The van der Waals surface area contributed by atoms with Crippen LogP contribution in [-0.2, 0) is 14.5 Å². The van der Waals surface area contributed by atoms with Crippen molar-refractivity contribution in [2.75, 3.05) is 19.3 Å². The summed E-state index contributed by atoms with van der Waals surface area (Å²) in [6.07, 6.45) is 2.71. The Morgan fingerprint density at radius 1 is 1.17 bits per heavy atom. The highest BCUT2D eigenvalue weighted by Gasteiger charge is 2.31. The number of benzene rings is 1. The summed E-state index contributed by atoms with van der Waals surface area (Å²) in [7, 11) is -2.72. The molecule has 1 aliphatic heterocycles. The molecule has 2 amide bonds. The zero-order chi connectivity index (χ0) is 21.9. The first-order valence-corrected chi connectivity index (χ1v) is 13.1. The second-order valence-electron chi connectivity index (χ2n) is 8.13. The van der Waals surface area contributed by atoms with E-state index in [2.05, 4.69) is 9.35 Å². The van der Waals surface area contributed by atoms with Crippen molar-refractivity contribution < 1.29 is 13.8 Å². The fourth-order valence-electron chi connectivity index (χ4n) is 3.78. The quantitative estimate of drug-likeness (QED) is 0.684. The summed E-state index contributed by atoms with van der Waals surface area (Å²) in [5, 5.41) is -0.210. The van der Waals surface area contributed by atoms with Gasteiger partial charge >= 0.3 is 5.91 Å². The molecule has 1 fully saturated rings. The number of amides is 2. The Bertz CT molecular complexity index is 1020. The lowest BCUT2D eigenvalue weighted by Crippen LogP contribution is -2.43. The predicted molar refractivity (Wildman–Crippen MR) is 121 cm³/mol. The molecule has 2 unspecified atom stereocenters. The second-order valence-corrected chi connectivity index (χ2v) is 11.6. The topological polar surface area (TPSA) is 79.7 Å². The van der Waals surface area contributed by atoms with Crippen LogP contribution >= 0.6 is 11.3 Å². The van der Waals surface area contributed by atoms with E-state index in [1.54, 1.807) is 11.8 Å². The largest absolute Gasteiger partial charge is 0.342 e. The number of hydrogen-bond acceptors (Lipinski definition) is 5. The third kappa shape index (κ3) is 4.98. The zero-order valence-electron chi connectivity index (χ0n) is 17.9. The number of thiazole rings is 1. The van der Waals surface area contributed by atoms with Gasteiger partial charge in [-0.1, -0.05) is 44.2 Å². The Balaban J connectivity index is 1.67. The third-order valence-corrected chi connectivity index (χ3v) is 8.99. The van der Waals surface area contributed by atoms with Crippen molar-refractivity contribution in [3.8, 4) is 0 Å². The van der Waals surface area contributed by atoms with Crippen molar-refractivity contribution in [3.05, 3.63) is 52.0 Å². The van der Waals surface area contributed by atoms with E-state index in [0.29, 0.717) is 31.6 Å². The lowest BCUT2D eigenvalue weighted by molar-refractivity contribution is -0.133. The van der Waals surface area contributed by atoms with Crippen LogP contribution in [0.25, 0.3) is 0 Å². The van der Waals surface area contributed by atoms with E-state index < -0.39 is 15.6 Å². The standard InChI is InChI=1S/C22H29N3O3S2/c1-15(2)20-19(23-14-29-20)21(26)24-30(4,28)18-10-12-25(13-11-18)22(27)16(3)17-8-6-5-7-9-17/h5-9,14-16,18H,10-13H2,1-4H3. The molecule has 1 saturated heterocycles. The first-order chi connectivity index (χ1) is 14.2. The van der Waals surface area contributed by atoms with Gasteiger partial charge in [-0.15, -0.1) is 11.3 Å². The maximum absolute atomic E-state index is 13.2. The number of rotatable bonds is 5. The molecule has 2 heterocycles. The van der Waals surface area contributed by atoms with E-state index in [9.17, 15) is 13.8 Å². The van der Waals surface area contributed by atoms with Gasteiger partial charge in [-0.2, -0.15) is 4.36 Å². The molecule has 0 bridgehead atoms. The van der Waals surface area contributed by atoms with E-state index >= 15 is 0 Å². The van der Waals surface area contributed by atoms with E-state index in [-0.39, 0.29) is 23.0 Å². The number of carbonyl (C=O) groups is 2. The molecule has 0 aliphatic carbocycles. The van der Waals surface area contributed by atoms with Crippen LogP contribution in [0, 0.1) is 0 Å². The number of hydrogen-bond donors (Lipinski definition) is 0. The summed E-state index contributed by atoms with van der Waals surface area (Å²) in [5.74, 6) is -0.456. The monoisotopic (exact) mass is 447 g/mol. The molecule has 6 nitrogen and oxygen atoms in total. The van der Waals surface area contributed by atoms with Gasteiger partial charge in [-0.3, -0.25) is 9.59 Å². The molecule has 0 saturated carbocycles. The Kier molecular flexibility index (Phi) is 7.08. The Hall–Kier alpha value is -2.06. The van der Waals surface area contributed by atoms with Crippen molar-refractivity contribution in [3.63, 3.8) is 0 Å². The summed E-state index contributed by atoms with van der Waals surface area (Å²) >= 11 is 1.42. The predicted octanol–water partition coefficient (Wildman–Crippen LogP) is 4.30. The number of nitrogens with zero attached hydrogens (tertiary/aromatic N) is 3. The van der Waals surface area contributed by atoms with Crippen LogP contribution in [0.15, 0.2) is 40.2 Å². The number of carbonyl (C=O) groups excluding carboxylic acids is 2. The molecule has 2 atom stereocenters. The van der Waals surface area contributed by atoms with Crippen molar-refractivity contribution in [2.24, 2.45) is 4.36 Å². The van der Waals surface area contributed by atoms with Crippen LogP contribution in [0.1, 0.15) is 66.4 Å². The van der Waals surface area contributed by atoms with Crippen molar-refractivity contribution in [2.45, 2.75) is 50.7 Å². The first kappa shape index (κ1) is 22.6. The number of piperidine rings is 1. The minimum atomic E-state index is -2.72. The smallest absolute Gasteiger partial charge is 0.304 e. The van der Waals surface area contributed by atoms with Gasteiger partial charge in [-0.25, -0.2) is 9.19 Å². The highest BCUT2D eigenvalue weighted by molar-refractivity contribution is 7.93. The van der Waals surface area contributed by atoms with Crippen LogP contribution in [0.2, 0.25) is 0 Å². The molecule has 3 rings (SSSR count). The SMILES string of the molecule is CC(C)c1scnc1C(=O)N=S(C)(=O)C1CCN(C(=O)C(C)c2ccccc2)CC1. The second kappa shape index (κ2) is 9.39. The molecular formula is C22H29N3O3S2. The molecule has 162 valence electrons. The first-order valence-electron chi connectivity index (χ1n) is 10.2. The normalized spacial score (nSPS) is 18.1. The minimum absolute atomic E-state index is 0.0827. The van der Waals surface area contributed by atoms with Gasteiger partial charge in [0.2, 0.25) is 5.91 Å². The van der Waals surface area contributed by atoms with Crippen molar-refractivity contribution >= 4 is 32.9 Å². The average molecular weight is 448 g/mol. The fourth-order valence-corrected chi connectivity index (χ4v) is 6.23. The van der Waals surface area contributed by atoms with Gasteiger partial charge in [0.1, 0.15) is 5.69 Å². The van der Waals surface area contributed by atoms with Crippen LogP contribution < -0.4 is 0 Å². The van der Waals surface area contributed by atoms with E-state index in [1.165, 1.54) is 11.3 Å². The molecule has 2 aromatic rings. The van der Waals surface area contributed by atoms with Gasteiger partial charge in [0, 0.05) is 29.5 Å². The Morgan fingerprint density at radius 2 is 1.80 bits per heavy atom. The van der Waals surface area contributed by atoms with Crippen molar-refractivity contribution in [1.29, 1.82) is 0 Å². The molecule has 8 heteroatoms. The lowest BCUT2D eigenvalue weighted by atomic mass is 9.98. The van der Waals surface area contributed by atoms with Crippen molar-refractivity contribution in [1.82, 2.24) is 9.88 Å². The summed E-state index contributed by atoms with van der Waals surface area (Å²) in [5.41, 5.74) is 2.94. The lowest BCUT2D eigenvalue weighted by Gasteiger charge is -2.34. The molecule has 0 radical (unpaired) electrons.